The molecule has 4 aromatic rings. The van der Waals surface area contributed by atoms with Crippen LogP contribution in [-0.2, 0) is 6.54 Å². The van der Waals surface area contributed by atoms with E-state index in [1.807, 2.05) is 19.2 Å². The summed E-state index contributed by atoms with van der Waals surface area (Å²) in [6, 6.07) is 4.37. The van der Waals surface area contributed by atoms with Crippen LogP contribution in [0.1, 0.15) is 36.8 Å². The minimum absolute atomic E-state index is 0.184. The van der Waals surface area contributed by atoms with E-state index < -0.39 is 30.6 Å². The molecule has 0 amide bonds. The van der Waals surface area contributed by atoms with Crippen molar-refractivity contribution in [3.8, 4) is 11.1 Å². The van der Waals surface area contributed by atoms with Gasteiger partial charge in [0.25, 0.3) is 0 Å². The molecule has 0 saturated heterocycles. The lowest BCUT2D eigenvalue weighted by atomic mass is 9.91. The number of aliphatic hydroxyl groups is 2. The van der Waals surface area contributed by atoms with Gasteiger partial charge in [0.05, 0.1) is 23.4 Å². The summed E-state index contributed by atoms with van der Waals surface area (Å²) in [5, 5.41) is 24.7. The van der Waals surface area contributed by atoms with E-state index in [1.54, 1.807) is 23.3 Å². The predicted molar refractivity (Wildman–Crippen MR) is 128 cm³/mol. The fourth-order valence-corrected chi connectivity index (χ4v) is 4.65. The van der Waals surface area contributed by atoms with Gasteiger partial charge in [0.2, 0.25) is 0 Å². The third-order valence-corrected chi connectivity index (χ3v) is 6.72. The number of aromatic amines is 1. The van der Waals surface area contributed by atoms with Crippen LogP contribution in [0.25, 0.3) is 22.2 Å². The van der Waals surface area contributed by atoms with Gasteiger partial charge in [-0.15, -0.1) is 0 Å². The number of benzene rings is 1. The lowest BCUT2D eigenvalue weighted by molar-refractivity contribution is 0.00991. The van der Waals surface area contributed by atoms with Crippen molar-refractivity contribution < 1.29 is 19.0 Å². The van der Waals surface area contributed by atoms with E-state index in [1.165, 1.54) is 6.07 Å². The smallest absolute Gasteiger partial charge is 0.142 e. The topological polar surface area (TPSA) is 87.0 Å². The zero-order valence-corrected chi connectivity index (χ0v) is 19.9. The number of rotatable bonds is 9. The molecule has 0 spiro atoms. The SMILES string of the molecule is CC[C@@H](O)[C@@H](O)CCn1cc(-c2cnc3[nH]cc([C@@H](CF)c4c(Cl)ccc(F)c4Cl)c3c2)cn1. The highest BCUT2D eigenvalue weighted by molar-refractivity contribution is 6.36. The van der Waals surface area contributed by atoms with Gasteiger partial charge >= 0.3 is 0 Å². The number of nitrogens with one attached hydrogen (secondary N) is 1. The van der Waals surface area contributed by atoms with Crippen LogP contribution in [0.3, 0.4) is 0 Å². The zero-order chi connectivity index (χ0) is 24.4. The first kappa shape index (κ1) is 24.6. The summed E-state index contributed by atoms with van der Waals surface area (Å²) in [6.45, 7) is 1.41. The fraction of sp³-hybridized carbons (Fsp3) is 0.333. The summed E-state index contributed by atoms with van der Waals surface area (Å²) in [7, 11) is 0. The van der Waals surface area contributed by atoms with Crippen molar-refractivity contribution in [2.45, 2.75) is 44.4 Å². The van der Waals surface area contributed by atoms with Crippen LogP contribution in [0.2, 0.25) is 10.0 Å². The molecule has 4 rings (SSSR count). The number of nitrogens with zero attached hydrogens (tertiary/aromatic N) is 3. The monoisotopic (exact) mass is 508 g/mol. The summed E-state index contributed by atoms with van der Waals surface area (Å²) in [5.41, 5.74) is 2.83. The fourth-order valence-electron chi connectivity index (χ4n) is 4.01. The summed E-state index contributed by atoms with van der Waals surface area (Å²) >= 11 is 12.4. The molecule has 3 N–H and O–H groups in total. The molecular weight excluding hydrogens is 485 g/mol. The molecule has 0 radical (unpaired) electrons. The highest BCUT2D eigenvalue weighted by Gasteiger charge is 2.25. The second-order valence-corrected chi connectivity index (χ2v) is 8.94. The van der Waals surface area contributed by atoms with Crippen molar-refractivity contribution in [2.75, 3.05) is 6.67 Å². The maximum atomic E-state index is 14.3. The van der Waals surface area contributed by atoms with E-state index in [9.17, 15) is 19.0 Å². The molecule has 0 unspecified atom stereocenters. The number of H-pyrrole nitrogens is 1. The molecule has 34 heavy (non-hydrogen) atoms. The molecular formula is C24H24Cl2F2N4O2. The molecule has 3 heterocycles. The number of fused-ring (bicyclic) bond motifs is 1. The van der Waals surface area contributed by atoms with Crippen molar-refractivity contribution in [1.82, 2.24) is 19.7 Å². The molecule has 1 aromatic carbocycles. The van der Waals surface area contributed by atoms with Crippen molar-refractivity contribution in [2.24, 2.45) is 0 Å². The van der Waals surface area contributed by atoms with E-state index >= 15 is 0 Å². The highest BCUT2D eigenvalue weighted by Crippen LogP contribution is 2.40. The Morgan fingerprint density at radius 1 is 1.15 bits per heavy atom. The normalized spacial score (nSPS) is 14.4. The molecule has 0 saturated carbocycles. The van der Waals surface area contributed by atoms with Crippen LogP contribution >= 0.6 is 23.2 Å². The van der Waals surface area contributed by atoms with Gasteiger partial charge in [-0.2, -0.15) is 5.10 Å². The number of halogens is 4. The van der Waals surface area contributed by atoms with Crippen LogP contribution in [0.4, 0.5) is 8.78 Å². The summed E-state index contributed by atoms with van der Waals surface area (Å²) < 4.78 is 30.0. The van der Waals surface area contributed by atoms with E-state index in [2.05, 4.69) is 15.1 Å². The largest absolute Gasteiger partial charge is 0.390 e. The van der Waals surface area contributed by atoms with Crippen molar-refractivity contribution in [3.05, 3.63) is 70.0 Å². The Morgan fingerprint density at radius 2 is 1.94 bits per heavy atom. The highest BCUT2D eigenvalue weighted by atomic mass is 35.5. The molecule has 0 aliphatic carbocycles. The van der Waals surface area contributed by atoms with Crippen molar-refractivity contribution in [1.29, 1.82) is 0 Å². The first-order chi connectivity index (χ1) is 16.3. The molecule has 180 valence electrons. The first-order valence-corrected chi connectivity index (χ1v) is 11.6. The zero-order valence-electron chi connectivity index (χ0n) is 18.3. The number of aryl methyl sites for hydroxylation is 1. The van der Waals surface area contributed by atoms with Crippen molar-refractivity contribution in [3.63, 3.8) is 0 Å². The molecule has 3 atom stereocenters. The lowest BCUT2D eigenvalue weighted by Gasteiger charge is -2.17. The Kier molecular flexibility index (Phi) is 7.52. The maximum absolute atomic E-state index is 14.3. The molecule has 10 heteroatoms. The number of hydrogen-bond acceptors (Lipinski definition) is 4. The molecule has 3 aromatic heterocycles. The Labute approximate surface area is 205 Å². The van der Waals surface area contributed by atoms with Gasteiger partial charge < -0.3 is 15.2 Å². The molecule has 0 fully saturated rings. The maximum Gasteiger partial charge on any atom is 0.142 e. The average Bonchev–Trinajstić information content (AvgIpc) is 3.49. The summed E-state index contributed by atoms with van der Waals surface area (Å²) in [5.74, 6) is -1.54. The minimum atomic E-state index is -0.879. The van der Waals surface area contributed by atoms with Crippen LogP contribution in [0.15, 0.2) is 43.0 Å². The van der Waals surface area contributed by atoms with Gasteiger partial charge in [-0.3, -0.25) is 9.07 Å². The first-order valence-electron chi connectivity index (χ1n) is 10.9. The number of aromatic nitrogens is 4. The molecule has 0 aliphatic rings. The van der Waals surface area contributed by atoms with Crippen LogP contribution in [0, 0.1) is 5.82 Å². The number of aliphatic hydroxyl groups excluding tert-OH is 2. The van der Waals surface area contributed by atoms with Gasteiger partial charge in [-0.1, -0.05) is 30.1 Å². The summed E-state index contributed by atoms with van der Waals surface area (Å²) in [4.78, 5) is 7.47. The number of pyridine rings is 1. The predicted octanol–water partition coefficient (Wildman–Crippen LogP) is 5.50. The third-order valence-electron chi connectivity index (χ3n) is 6.00. The van der Waals surface area contributed by atoms with Crippen LogP contribution in [0.5, 0.6) is 0 Å². The lowest BCUT2D eigenvalue weighted by Crippen LogP contribution is -2.26. The van der Waals surface area contributed by atoms with Gasteiger partial charge in [-0.25, -0.2) is 9.37 Å². The van der Waals surface area contributed by atoms with Gasteiger partial charge in [0.15, 0.2) is 0 Å². The van der Waals surface area contributed by atoms with E-state index in [4.69, 9.17) is 23.2 Å². The minimum Gasteiger partial charge on any atom is -0.390 e. The molecule has 6 nitrogen and oxygen atoms in total. The van der Waals surface area contributed by atoms with E-state index in [0.717, 1.165) is 17.2 Å². The Balaban J connectivity index is 1.65. The Morgan fingerprint density at radius 3 is 2.68 bits per heavy atom. The van der Waals surface area contributed by atoms with Crippen LogP contribution in [-0.4, -0.2) is 48.8 Å². The Bertz CT molecular complexity index is 1290. The van der Waals surface area contributed by atoms with E-state index in [-0.39, 0.29) is 15.6 Å². The molecule has 0 bridgehead atoms. The van der Waals surface area contributed by atoms with Crippen LogP contribution < -0.4 is 0 Å². The summed E-state index contributed by atoms with van der Waals surface area (Å²) in [6.07, 6.45) is 6.04. The quantitative estimate of drug-likeness (QED) is 0.260. The van der Waals surface area contributed by atoms with Gasteiger partial charge in [0, 0.05) is 58.2 Å². The second-order valence-electron chi connectivity index (χ2n) is 8.15. The average molecular weight is 509 g/mol. The van der Waals surface area contributed by atoms with E-state index in [0.29, 0.717) is 36.0 Å². The number of hydrogen-bond donors (Lipinski definition) is 3. The number of alkyl halides is 1. The van der Waals surface area contributed by atoms with Crippen molar-refractivity contribution >= 4 is 34.2 Å². The third kappa shape index (κ3) is 4.81. The molecule has 0 aliphatic heterocycles. The Hall–Kier alpha value is -2.52. The van der Waals surface area contributed by atoms with Gasteiger partial charge in [-0.05, 0) is 36.6 Å². The van der Waals surface area contributed by atoms with Gasteiger partial charge in [0.1, 0.15) is 18.1 Å². The standard InChI is InChI=1S/C24H24Cl2F2N4O2/c1-2-20(33)21(34)5-6-32-12-14(10-31-32)13-7-15-17(11-30-24(15)29-9-13)16(8-27)22-18(25)3-4-19(28)23(22)26/h3-4,7,9-12,16,20-21,33-34H,2,5-6,8H2,1H3,(H,29,30)/t16-,20-,21+/m1/s1. The second kappa shape index (κ2) is 10.4.